The Morgan fingerprint density at radius 1 is 1.33 bits per heavy atom. The topological polar surface area (TPSA) is 75.4 Å². The molecule has 4 nitrogen and oxygen atoms in total. The van der Waals surface area contributed by atoms with Gasteiger partial charge in [0.05, 0.1) is 5.54 Å². The maximum absolute atomic E-state index is 11.8. The second-order valence-corrected chi connectivity index (χ2v) is 4.98. The molecule has 0 heterocycles. The van der Waals surface area contributed by atoms with Gasteiger partial charge in [-0.3, -0.25) is 4.79 Å². The number of hydrogen-bond donors (Lipinski definition) is 3. The van der Waals surface area contributed by atoms with E-state index in [4.69, 9.17) is 10.8 Å². The number of aliphatic hydroxyl groups is 1. The Labute approximate surface area is 92.2 Å². The molecule has 0 rings (SSSR count). The lowest BCUT2D eigenvalue weighted by Crippen LogP contribution is -2.57. The summed E-state index contributed by atoms with van der Waals surface area (Å²) in [7, 11) is 0. The molecule has 0 aliphatic heterocycles. The average molecular weight is 216 g/mol. The molecule has 0 radical (unpaired) electrons. The Bertz CT molecular complexity index is 213. The fourth-order valence-electron chi connectivity index (χ4n) is 1.42. The fourth-order valence-corrected chi connectivity index (χ4v) is 1.42. The van der Waals surface area contributed by atoms with Crippen LogP contribution in [0.3, 0.4) is 0 Å². The van der Waals surface area contributed by atoms with Gasteiger partial charge in [0.15, 0.2) is 0 Å². The van der Waals surface area contributed by atoms with Crippen LogP contribution in [0.1, 0.15) is 47.0 Å². The molecule has 4 heteroatoms. The first-order chi connectivity index (χ1) is 6.75. The van der Waals surface area contributed by atoms with Gasteiger partial charge in [0, 0.05) is 12.1 Å². The molecule has 0 aliphatic rings. The molecule has 1 unspecified atom stereocenters. The van der Waals surface area contributed by atoms with Crippen molar-refractivity contribution in [1.82, 2.24) is 5.32 Å². The van der Waals surface area contributed by atoms with Crippen LogP contribution in [-0.4, -0.2) is 28.7 Å². The summed E-state index contributed by atoms with van der Waals surface area (Å²) < 4.78 is 0. The second kappa shape index (κ2) is 5.47. The van der Waals surface area contributed by atoms with E-state index in [1.54, 1.807) is 6.92 Å². The summed E-state index contributed by atoms with van der Waals surface area (Å²) in [5, 5.41) is 11.7. The molecular weight excluding hydrogens is 192 g/mol. The number of nitrogens with two attached hydrogens (primary N) is 1. The molecule has 0 saturated carbocycles. The van der Waals surface area contributed by atoms with E-state index >= 15 is 0 Å². The molecule has 0 saturated heterocycles. The van der Waals surface area contributed by atoms with Crippen molar-refractivity contribution in [2.24, 2.45) is 5.73 Å². The van der Waals surface area contributed by atoms with E-state index < -0.39 is 11.1 Å². The van der Waals surface area contributed by atoms with Gasteiger partial charge in [-0.15, -0.1) is 0 Å². The summed E-state index contributed by atoms with van der Waals surface area (Å²) in [5.41, 5.74) is 4.68. The zero-order chi connectivity index (χ0) is 12.1. The first kappa shape index (κ1) is 14.4. The van der Waals surface area contributed by atoms with Crippen molar-refractivity contribution in [2.75, 3.05) is 6.61 Å². The van der Waals surface area contributed by atoms with E-state index in [0.29, 0.717) is 12.8 Å². The third kappa shape index (κ3) is 5.14. The predicted molar refractivity (Wildman–Crippen MR) is 61.4 cm³/mol. The Morgan fingerprint density at radius 2 is 1.87 bits per heavy atom. The minimum absolute atomic E-state index is 0.0579. The maximum atomic E-state index is 11.8. The predicted octanol–water partition coefficient (Wildman–Crippen LogP) is 0.781. The minimum atomic E-state index is -0.818. The summed E-state index contributed by atoms with van der Waals surface area (Å²) in [6.45, 7) is 7.55. The number of carbonyl (C=O) groups excluding carboxylic acids is 1. The third-order valence-electron chi connectivity index (χ3n) is 2.48. The molecule has 0 bridgehead atoms. The molecular formula is C11H24N2O2. The Hall–Kier alpha value is -0.610. The number of rotatable bonds is 6. The lowest BCUT2D eigenvalue weighted by Gasteiger charge is -2.31. The maximum Gasteiger partial charge on any atom is 0.240 e. The number of nitrogens with one attached hydrogen (secondary N) is 1. The first-order valence-corrected chi connectivity index (χ1v) is 5.47. The molecule has 90 valence electrons. The van der Waals surface area contributed by atoms with Gasteiger partial charge in [-0.25, -0.2) is 0 Å². The van der Waals surface area contributed by atoms with Crippen LogP contribution in [0.4, 0.5) is 0 Å². The van der Waals surface area contributed by atoms with E-state index in [-0.39, 0.29) is 12.5 Å². The number of hydrogen-bond acceptors (Lipinski definition) is 3. The molecule has 15 heavy (non-hydrogen) atoms. The van der Waals surface area contributed by atoms with Crippen molar-refractivity contribution in [3.63, 3.8) is 0 Å². The van der Waals surface area contributed by atoms with Crippen LogP contribution in [-0.2, 0) is 4.79 Å². The van der Waals surface area contributed by atoms with Gasteiger partial charge >= 0.3 is 0 Å². The van der Waals surface area contributed by atoms with Crippen molar-refractivity contribution in [3.8, 4) is 0 Å². The van der Waals surface area contributed by atoms with Crippen LogP contribution in [0.5, 0.6) is 0 Å². The van der Waals surface area contributed by atoms with Gasteiger partial charge in [-0.1, -0.05) is 13.3 Å². The van der Waals surface area contributed by atoms with Gasteiger partial charge < -0.3 is 16.2 Å². The molecule has 0 aromatic carbocycles. The highest BCUT2D eigenvalue weighted by molar-refractivity contribution is 5.86. The van der Waals surface area contributed by atoms with Crippen molar-refractivity contribution >= 4 is 5.91 Å². The van der Waals surface area contributed by atoms with Gasteiger partial charge in [0.25, 0.3) is 0 Å². The lowest BCUT2D eigenvalue weighted by molar-refractivity contribution is -0.127. The van der Waals surface area contributed by atoms with E-state index in [0.717, 1.165) is 6.42 Å². The van der Waals surface area contributed by atoms with Crippen LogP contribution in [0, 0.1) is 0 Å². The normalized spacial score (nSPS) is 15.9. The lowest BCUT2D eigenvalue weighted by atomic mass is 9.93. The summed E-state index contributed by atoms with van der Waals surface area (Å²) >= 11 is 0. The van der Waals surface area contributed by atoms with Crippen molar-refractivity contribution in [3.05, 3.63) is 0 Å². The Kier molecular flexibility index (Phi) is 5.24. The molecule has 0 fully saturated rings. The Morgan fingerprint density at radius 3 is 2.27 bits per heavy atom. The zero-order valence-electron chi connectivity index (χ0n) is 10.3. The van der Waals surface area contributed by atoms with E-state index in [2.05, 4.69) is 5.32 Å². The highest BCUT2D eigenvalue weighted by atomic mass is 16.3. The average Bonchev–Trinajstić information content (AvgIpc) is 2.02. The van der Waals surface area contributed by atoms with Crippen LogP contribution in [0.25, 0.3) is 0 Å². The van der Waals surface area contributed by atoms with E-state index in [9.17, 15) is 4.79 Å². The standard InChI is InChI=1S/C11H24N2O2/c1-5-6-11(4,12)9(15)13-10(2,3)7-8-14/h14H,5-8,12H2,1-4H3,(H,13,15). The van der Waals surface area contributed by atoms with Gasteiger partial charge in [0.1, 0.15) is 0 Å². The molecule has 0 aliphatic carbocycles. The van der Waals surface area contributed by atoms with Gasteiger partial charge in [0.2, 0.25) is 5.91 Å². The first-order valence-electron chi connectivity index (χ1n) is 5.47. The highest BCUT2D eigenvalue weighted by Crippen LogP contribution is 2.13. The van der Waals surface area contributed by atoms with E-state index in [1.165, 1.54) is 0 Å². The monoisotopic (exact) mass is 216 g/mol. The van der Waals surface area contributed by atoms with Crippen LogP contribution in [0.2, 0.25) is 0 Å². The summed E-state index contributed by atoms with van der Waals surface area (Å²) in [6.07, 6.45) is 2.07. The summed E-state index contributed by atoms with van der Waals surface area (Å²) in [4.78, 5) is 11.8. The Balaban J connectivity index is 4.35. The molecule has 0 aromatic heterocycles. The van der Waals surface area contributed by atoms with Crippen molar-refractivity contribution < 1.29 is 9.90 Å². The van der Waals surface area contributed by atoms with Crippen molar-refractivity contribution in [2.45, 2.75) is 58.0 Å². The van der Waals surface area contributed by atoms with E-state index in [1.807, 2.05) is 20.8 Å². The highest BCUT2D eigenvalue weighted by Gasteiger charge is 2.31. The number of amides is 1. The number of carbonyl (C=O) groups is 1. The molecule has 4 N–H and O–H groups in total. The fraction of sp³-hybridized carbons (Fsp3) is 0.909. The smallest absolute Gasteiger partial charge is 0.240 e. The molecule has 1 atom stereocenters. The summed E-state index contributed by atoms with van der Waals surface area (Å²) in [6, 6.07) is 0. The minimum Gasteiger partial charge on any atom is -0.396 e. The van der Waals surface area contributed by atoms with Gasteiger partial charge in [-0.2, -0.15) is 0 Å². The SMILES string of the molecule is CCCC(C)(N)C(=O)NC(C)(C)CCO. The summed E-state index contributed by atoms with van der Waals surface area (Å²) in [5.74, 6) is -0.150. The quantitative estimate of drug-likeness (QED) is 0.614. The van der Waals surface area contributed by atoms with Crippen molar-refractivity contribution in [1.29, 1.82) is 0 Å². The number of aliphatic hydroxyl groups excluding tert-OH is 1. The van der Waals surface area contributed by atoms with Crippen LogP contribution < -0.4 is 11.1 Å². The zero-order valence-corrected chi connectivity index (χ0v) is 10.3. The second-order valence-electron chi connectivity index (χ2n) is 4.98. The molecule has 0 aromatic rings. The molecule has 1 amide bonds. The third-order valence-corrected chi connectivity index (χ3v) is 2.48. The van der Waals surface area contributed by atoms with Gasteiger partial charge in [-0.05, 0) is 33.6 Å². The molecule has 0 spiro atoms. The van der Waals surface area contributed by atoms with Crippen LogP contribution >= 0.6 is 0 Å². The largest absolute Gasteiger partial charge is 0.396 e. The van der Waals surface area contributed by atoms with Crippen LogP contribution in [0.15, 0.2) is 0 Å².